The van der Waals surface area contributed by atoms with Gasteiger partial charge < -0.3 is 20.1 Å². The lowest BCUT2D eigenvalue weighted by Crippen LogP contribution is -2.51. The van der Waals surface area contributed by atoms with Crippen LogP contribution >= 0.6 is 0 Å². The van der Waals surface area contributed by atoms with Crippen LogP contribution in [0.5, 0.6) is 5.88 Å². The predicted octanol–water partition coefficient (Wildman–Crippen LogP) is 2.82. The van der Waals surface area contributed by atoms with Crippen molar-refractivity contribution in [2.24, 2.45) is 10.9 Å². The Morgan fingerprint density at radius 1 is 1.29 bits per heavy atom. The summed E-state index contributed by atoms with van der Waals surface area (Å²) in [5, 5.41) is 6.64. The third kappa shape index (κ3) is 10.2. The van der Waals surface area contributed by atoms with Gasteiger partial charge in [-0.2, -0.15) is 13.2 Å². The minimum Gasteiger partial charge on any atom is -0.468 e. The highest BCUT2D eigenvalue weighted by molar-refractivity contribution is 5.79. The minimum atomic E-state index is -4.40. The highest BCUT2D eigenvalue weighted by Gasteiger charge is 2.28. The van der Waals surface area contributed by atoms with Crippen molar-refractivity contribution in [1.82, 2.24) is 20.5 Å². The Morgan fingerprint density at radius 2 is 2.03 bits per heavy atom. The maximum atomic E-state index is 12.3. The molecule has 2 rings (SSSR count). The summed E-state index contributed by atoms with van der Waals surface area (Å²) in [5.41, 5.74) is 0.719. The number of guanidine groups is 1. The smallest absolute Gasteiger partial charge is 0.422 e. The minimum absolute atomic E-state index is 0.0627. The van der Waals surface area contributed by atoms with Gasteiger partial charge >= 0.3 is 6.18 Å². The van der Waals surface area contributed by atoms with Crippen molar-refractivity contribution in [3.8, 4) is 5.88 Å². The van der Waals surface area contributed by atoms with Gasteiger partial charge in [0, 0.05) is 44.5 Å². The van der Waals surface area contributed by atoms with E-state index in [2.05, 4.69) is 39.4 Å². The van der Waals surface area contributed by atoms with Crippen LogP contribution in [0, 0.1) is 5.92 Å². The number of aliphatic imine (C=N–C) groups is 1. The fourth-order valence-electron chi connectivity index (χ4n) is 3.36. The van der Waals surface area contributed by atoms with Crippen molar-refractivity contribution in [3.63, 3.8) is 0 Å². The molecule has 10 heteroatoms. The average Bonchev–Trinajstić information content (AvgIpc) is 2.73. The topological polar surface area (TPSA) is 71.0 Å². The first kappa shape index (κ1) is 25.2. The highest BCUT2D eigenvalue weighted by Crippen LogP contribution is 2.18. The molecule has 0 spiro atoms. The van der Waals surface area contributed by atoms with E-state index in [0.717, 1.165) is 44.8 Å². The second kappa shape index (κ2) is 12.7. The Labute approximate surface area is 182 Å². The second-order valence-corrected chi connectivity index (χ2v) is 7.91. The summed E-state index contributed by atoms with van der Waals surface area (Å²) in [7, 11) is 0. The first-order valence-electron chi connectivity index (χ1n) is 10.7. The lowest BCUT2D eigenvalue weighted by atomic mass is 10.0. The normalized spacial score (nSPS) is 16.9. The zero-order chi connectivity index (χ0) is 22.7. The van der Waals surface area contributed by atoms with Gasteiger partial charge in [-0.05, 0) is 30.9 Å². The quantitative estimate of drug-likeness (QED) is 0.426. The number of pyridine rings is 1. The Kier molecular flexibility index (Phi) is 10.3. The van der Waals surface area contributed by atoms with Gasteiger partial charge in [0.25, 0.3) is 0 Å². The number of ether oxygens (including phenoxy) is 2. The molecule has 0 radical (unpaired) electrons. The molecule has 0 aliphatic carbocycles. The van der Waals surface area contributed by atoms with Crippen molar-refractivity contribution < 1.29 is 22.6 Å². The highest BCUT2D eigenvalue weighted by atomic mass is 19.4. The van der Waals surface area contributed by atoms with E-state index in [1.54, 1.807) is 6.07 Å². The van der Waals surface area contributed by atoms with E-state index in [0.29, 0.717) is 31.0 Å². The first-order valence-corrected chi connectivity index (χ1v) is 10.7. The van der Waals surface area contributed by atoms with Crippen molar-refractivity contribution in [2.45, 2.75) is 46.0 Å². The van der Waals surface area contributed by atoms with Crippen LogP contribution in [0.1, 0.15) is 32.8 Å². The van der Waals surface area contributed by atoms with Gasteiger partial charge in [0.1, 0.15) is 0 Å². The van der Waals surface area contributed by atoms with Gasteiger partial charge in [-0.15, -0.1) is 0 Å². The number of nitrogens with zero attached hydrogens (tertiary/aromatic N) is 3. The summed E-state index contributed by atoms with van der Waals surface area (Å²) in [6.45, 7) is 10.2. The molecule has 0 amide bonds. The molecule has 1 aromatic rings. The van der Waals surface area contributed by atoms with Crippen molar-refractivity contribution >= 4 is 5.96 Å². The second-order valence-electron chi connectivity index (χ2n) is 7.91. The molecule has 2 N–H and O–H groups in total. The summed E-state index contributed by atoms with van der Waals surface area (Å²) < 4.78 is 47.2. The van der Waals surface area contributed by atoms with Gasteiger partial charge in [0.2, 0.25) is 5.88 Å². The Bertz CT molecular complexity index is 679. The van der Waals surface area contributed by atoms with Crippen molar-refractivity contribution in [3.05, 3.63) is 23.9 Å². The first-order chi connectivity index (χ1) is 14.8. The summed E-state index contributed by atoms with van der Waals surface area (Å²) in [4.78, 5) is 10.9. The Hall–Kier alpha value is -2.07. The van der Waals surface area contributed by atoms with Crippen molar-refractivity contribution in [1.29, 1.82) is 0 Å². The van der Waals surface area contributed by atoms with Crippen LogP contribution in [0.4, 0.5) is 13.2 Å². The molecular weight excluding hydrogens is 411 g/mol. The number of aromatic nitrogens is 1. The van der Waals surface area contributed by atoms with Crippen LogP contribution in [-0.2, 0) is 11.3 Å². The number of hydrogen-bond donors (Lipinski definition) is 2. The third-order valence-electron chi connectivity index (χ3n) is 4.76. The van der Waals surface area contributed by atoms with Crippen LogP contribution in [-0.4, -0.2) is 74.1 Å². The fourth-order valence-corrected chi connectivity index (χ4v) is 3.36. The maximum absolute atomic E-state index is 12.3. The lowest BCUT2D eigenvalue weighted by Gasteiger charge is -2.35. The Morgan fingerprint density at radius 3 is 2.68 bits per heavy atom. The van der Waals surface area contributed by atoms with E-state index in [4.69, 9.17) is 9.47 Å². The van der Waals surface area contributed by atoms with Crippen LogP contribution in [0.25, 0.3) is 0 Å². The third-order valence-corrected chi connectivity index (χ3v) is 4.76. The van der Waals surface area contributed by atoms with E-state index in [1.165, 1.54) is 12.3 Å². The zero-order valence-electron chi connectivity index (χ0n) is 18.5. The molecule has 1 saturated heterocycles. The van der Waals surface area contributed by atoms with Crippen LogP contribution in [0.3, 0.4) is 0 Å². The lowest BCUT2D eigenvalue weighted by molar-refractivity contribution is -0.154. The fraction of sp³-hybridized carbons (Fsp3) is 0.714. The molecule has 1 atom stereocenters. The molecule has 1 aliphatic heterocycles. The summed E-state index contributed by atoms with van der Waals surface area (Å²) in [6.07, 6.45) is -1.91. The maximum Gasteiger partial charge on any atom is 0.422 e. The summed E-state index contributed by atoms with van der Waals surface area (Å²) in [6, 6.07) is 3.56. The molecule has 0 bridgehead atoms. The van der Waals surface area contributed by atoms with Gasteiger partial charge in [-0.3, -0.25) is 4.90 Å². The molecule has 1 aliphatic rings. The molecular formula is C21H34F3N5O2. The molecule has 1 unspecified atom stereocenters. The standard InChI is InChI=1S/C21H34F3N5O2/c1-4-25-20(28-14-18(11-16(2)3)29-7-9-30-10-8-29)27-13-17-5-6-26-19(12-17)31-15-21(22,23)24/h5-6,12,16,18H,4,7-11,13-15H2,1-3H3,(H2,25,27,28). The predicted molar refractivity (Wildman–Crippen MR) is 114 cm³/mol. The molecule has 31 heavy (non-hydrogen) atoms. The van der Waals surface area contributed by atoms with Gasteiger partial charge in [-0.25, -0.2) is 9.98 Å². The average molecular weight is 446 g/mol. The number of morpholine rings is 1. The molecule has 1 fully saturated rings. The molecule has 1 aromatic heterocycles. The van der Waals surface area contributed by atoms with Crippen LogP contribution < -0.4 is 15.4 Å². The van der Waals surface area contributed by atoms with E-state index in [-0.39, 0.29) is 5.88 Å². The number of rotatable bonds is 10. The molecule has 176 valence electrons. The molecule has 7 nitrogen and oxygen atoms in total. The number of halogens is 3. The molecule has 2 heterocycles. The monoisotopic (exact) mass is 445 g/mol. The van der Waals surface area contributed by atoms with Crippen LogP contribution in [0.2, 0.25) is 0 Å². The summed E-state index contributed by atoms with van der Waals surface area (Å²) >= 11 is 0. The van der Waals surface area contributed by atoms with E-state index >= 15 is 0 Å². The number of hydrogen-bond acceptors (Lipinski definition) is 5. The van der Waals surface area contributed by atoms with Gasteiger partial charge in [-0.1, -0.05) is 13.8 Å². The van der Waals surface area contributed by atoms with Crippen LogP contribution in [0.15, 0.2) is 23.3 Å². The SMILES string of the molecule is CCNC(=NCc1ccnc(OCC(F)(F)F)c1)NCC(CC(C)C)N1CCOCC1. The van der Waals surface area contributed by atoms with Crippen molar-refractivity contribution in [2.75, 3.05) is 46.0 Å². The number of alkyl halides is 3. The van der Waals surface area contributed by atoms with Gasteiger partial charge in [0.15, 0.2) is 12.6 Å². The van der Waals surface area contributed by atoms with E-state index in [9.17, 15) is 13.2 Å². The van der Waals surface area contributed by atoms with E-state index < -0.39 is 12.8 Å². The van der Waals surface area contributed by atoms with E-state index in [1.807, 2.05) is 6.92 Å². The zero-order valence-corrected chi connectivity index (χ0v) is 18.5. The summed E-state index contributed by atoms with van der Waals surface area (Å²) in [5.74, 6) is 1.17. The number of nitrogens with one attached hydrogen (secondary N) is 2. The molecule has 0 aromatic carbocycles. The van der Waals surface area contributed by atoms with Gasteiger partial charge in [0.05, 0.1) is 19.8 Å². The molecule has 0 saturated carbocycles. The Balaban J connectivity index is 1.97. The largest absolute Gasteiger partial charge is 0.468 e.